The van der Waals surface area contributed by atoms with Crippen LogP contribution in [0.4, 0.5) is 0 Å². The van der Waals surface area contributed by atoms with Gasteiger partial charge in [0.05, 0.1) is 16.8 Å². The van der Waals surface area contributed by atoms with Gasteiger partial charge in [-0.05, 0) is 43.7 Å². The third-order valence-corrected chi connectivity index (χ3v) is 7.95. The molecule has 0 radical (unpaired) electrons. The zero-order valence-corrected chi connectivity index (χ0v) is 19.1. The van der Waals surface area contributed by atoms with Crippen LogP contribution in [-0.4, -0.2) is 52.8 Å². The lowest BCUT2D eigenvalue weighted by molar-refractivity contribution is -0.138. The minimum Gasteiger partial charge on any atom is -0.342 e. The first-order valence-corrected chi connectivity index (χ1v) is 12.7. The van der Waals surface area contributed by atoms with E-state index in [1.807, 2.05) is 45.0 Å². The molecule has 0 spiro atoms. The molecule has 5 nitrogen and oxygen atoms in total. The molecule has 1 aromatic heterocycles. The highest BCUT2D eigenvalue weighted by Gasteiger charge is 2.32. The van der Waals surface area contributed by atoms with Crippen LogP contribution in [0.1, 0.15) is 48.7 Å². The zero-order chi connectivity index (χ0) is 20.9. The smallest absolute Gasteiger partial charge is 0.254 e. The highest BCUT2D eigenvalue weighted by molar-refractivity contribution is 7.98. The second-order valence-corrected chi connectivity index (χ2v) is 10.1. The number of thiazole rings is 1. The molecule has 2 aromatic rings. The Hall–Kier alpha value is -1.86. The molecule has 2 aliphatic rings. The Kier molecular flexibility index (Phi) is 7.10. The molecule has 0 unspecified atom stereocenters. The van der Waals surface area contributed by atoms with Gasteiger partial charge >= 0.3 is 0 Å². The first-order valence-electron chi connectivity index (χ1n) is 10.8. The van der Waals surface area contributed by atoms with Crippen molar-refractivity contribution in [3.05, 3.63) is 46.4 Å². The number of hydrogen-bond acceptors (Lipinski definition) is 5. The molecule has 2 fully saturated rings. The van der Waals surface area contributed by atoms with E-state index < -0.39 is 0 Å². The molecule has 3 heterocycles. The highest BCUT2D eigenvalue weighted by Crippen LogP contribution is 2.29. The molecular weight excluding hydrogens is 414 g/mol. The molecule has 0 bridgehead atoms. The van der Waals surface area contributed by atoms with E-state index >= 15 is 0 Å². The van der Waals surface area contributed by atoms with Crippen LogP contribution in [0.3, 0.4) is 0 Å². The van der Waals surface area contributed by atoms with E-state index in [0.29, 0.717) is 19.0 Å². The third-order valence-electron chi connectivity index (χ3n) is 6.20. The molecule has 0 aliphatic carbocycles. The maximum absolute atomic E-state index is 13.2. The third kappa shape index (κ3) is 5.06. The van der Waals surface area contributed by atoms with Crippen LogP contribution < -0.4 is 0 Å². The fraction of sp³-hybridized carbons (Fsp3) is 0.522. The lowest BCUT2D eigenvalue weighted by atomic mass is 9.92. The van der Waals surface area contributed by atoms with Gasteiger partial charge in [0.25, 0.3) is 5.91 Å². The number of rotatable bonds is 5. The van der Waals surface area contributed by atoms with E-state index in [1.54, 1.807) is 23.1 Å². The molecule has 30 heavy (non-hydrogen) atoms. The summed E-state index contributed by atoms with van der Waals surface area (Å²) in [7, 11) is 0. The SMILES string of the molecule is CC1CCN(C(=O)C2CCN(C(=O)c3ccccc3SCc3cscn3)CC2)CC1. The van der Waals surface area contributed by atoms with E-state index in [1.165, 1.54) is 0 Å². The average Bonchev–Trinajstić information content (AvgIpc) is 3.31. The van der Waals surface area contributed by atoms with Crippen LogP contribution in [0.5, 0.6) is 0 Å². The van der Waals surface area contributed by atoms with Gasteiger partial charge in [-0.3, -0.25) is 9.59 Å². The molecule has 0 saturated carbocycles. The Morgan fingerprint density at radius 3 is 2.47 bits per heavy atom. The number of benzene rings is 1. The molecule has 0 N–H and O–H groups in total. The van der Waals surface area contributed by atoms with Crippen molar-refractivity contribution in [3.63, 3.8) is 0 Å². The maximum Gasteiger partial charge on any atom is 0.254 e. The fourth-order valence-corrected chi connectivity index (χ4v) is 5.83. The van der Waals surface area contributed by atoms with Gasteiger partial charge < -0.3 is 9.80 Å². The first-order chi connectivity index (χ1) is 14.6. The number of piperidine rings is 2. The van der Waals surface area contributed by atoms with Crippen LogP contribution in [0.15, 0.2) is 40.1 Å². The van der Waals surface area contributed by atoms with Crippen LogP contribution in [0.25, 0.3) is 0 Å². The minimum atomic E-state index is 0.0664. The van der Waals surface area contributed by atoms with Crippen molar-refractivity contribution in [2.75, 3.05) is 26.2 Å². The number of amides is 2. The van der Waals surface area contributed by atoms with Gasteiger partial charge in [0, 0.05) is 48.1 Å². The average molecular weight is 444 g/mol. The van der Waals surface area contributed by atoms with Crippen molar-refractivity contribution in [3.8, 4) is 0 Å². The Morgan fingerprint density at radius 2 is 1.77 bits per heavy atom. The van der Waals surface area contributed by atoms with Crippen molar-refractivity contribution >= 4 is 34.9 Å². The molecule has 0 atom stereocenters. The molecule has 1 aromatic carbocycles. The summed E-state index contributed by atoms with van der Waals surface area (Å²) in [5.41, 5.74) is 3.63. The zero-order valence-electron chi connectivity index (χ0n) is 17.5. The Bertz CT molecular complexity index is 855. The summed E-state index contributed by atoms with van der Waals surface area (Å²) in [6.45, 7) is 5.36. The number of likely N-dealkylation sites (tertiary alicyclic amines) is 2. The normalized spacial score (nSPS) is 18.6. The van der Waals surface area contributed by atoms with Crippen molar-refractivity contribution in [2.24, 2.45) is 11.8 Å². The summed E-state index contributed by atoms with van der Waals surface area (Å²) in [5.74, 6) is 1.93. The standard InChI is InChI=1S/C23H29N3O2S2/c1-17-6-10-25(11-7-17)22(27)18-8-12-26(13-9-18)23(28)20-4-2-3-5-21(20)30-15-19-14-29-16-24-19/h2-5,14,16-18H,6-13,15H2,1H3. The van der Waals surface area contributed by atoms with E-state index in [-0.39, 0.29) is 11.8 Å². The van der Waals surface area contributed by atoms with Gasteiger partial charge in [-0.2, -0.15) is 0 Å². The Balaban J connectivity index is 1.34. The number of thioether (sulfide) groups is 1. The number of carbonyl (C=O) groups is 2. The highest BCUT2D eigenvalue weighted by atomic mass is 32.2. The minimum absolute atomic E-state index is 0.0664. The number of aromatic nitrogens is 1. The summed E-state index contributed by atoms with van der Waals surface area (Å²) in [4.78, 5) is 35.4. The predicted octanol–water partition coefficient (Wildman–Crippen LogP) is 4.55. The maximum atomic E-state index is 13.2. The number of nitrogens with zero attached hydrogens (tertiary/aromatic N) is 3. The summed E-state index contributed by atoms with van der Waals surface area (Å²) in [6, 6.07) is 7.83. The molecular formula is C23H29N3O2S2. The molecule has 4 rings (SSSR count). The van der Waals surface area contributed by atoms with E-state index in [2.05, 4.69) is 11.9 Å². The Morgan fingerprint density at radius 1 is 1.07 bits per heavy atom. The van der Waals surface area contributed by atoms with Gasteiger partial charge in [0.2, 0.25) is 5.91 Å². The lowest BCUT2D eigenvalue weighted by Crippen LogP contribution is -2.46. The molecule has 2 aliphatic heterocycles. The van der Waals surface area contributed by atoms with Gasteiger partial charge in [-0.25, -0.2) is 4.98 Å². The topological polar surface area (TPSA) is 53.5 Å². The summed E-state index contributed by atoms with van der Waals surface area (Å²) >= 11 is 3.25. The van der Waals surface area contributed by atoms with E-state index in [9.17, 15) is 9.59 Å². The van der Waals surface area contributed by atoms with E-state index in [0.717, 1.165) is 66.6 Å². The fourth-order valence-electron chi connectivity index (χ4n) is 4.22. The summed E-state index contributed by atoms with van der Waals surface area (Å²) in [5, 5.41) is 2.04. The summed E-state index contributed by atoms with van der Waals surface area (Å²) < 4.78 is 0. The van der Waals surface area contributed by atoms with Crippen LogP contribution in [-0.2, 0) is 10.5 Å². The monoisotopic (exact) mass is 443 g/mol. The summed E-state index contributed by atoms with van der Waals surface area (Å²) in [6.07, 6.45) is 3.76. The van der Waals surface area contributed by atoms with Crippen LogP contribution in [0.2, 0.25) is 0 Å². The van der Waals surface area contributed by atoms with Crippen molar-refractivity contribution in [1.29, 1.82) is 0 Å². The second kappa shape index (κ2) is 9.96. The van der Waals surface area contributed by atoms with Crippen LogP contribution >= 0.6 is 23.1 Å². The first kappa shape index (κ1) is 21.4. The van der Waals surface area contributed by atoms with Crippen LogP contribution in [0, 0.1) is 11.8 Å². The second-order valence-electron chi connectivity index (χ2n) is 8.34. The molecule has 160 valence electrons. The Labute approximate surface area is 186 Å². The number of carbonyl (C=O) groups excluding carboxylic acids is 2. The molecule has 2 amide bonds. The van der Waals surface area contributed by atoms with Gasteiger partial charge in [0.1, 0.15) is 0 Å². The number of hydrogen-bond donors (Lipinski definition) is 0. The van der Waals surface area contributed by atoms with Crippen molar-refractivity contribution < 1.29 is 9.59 Å². The van der Waals surface area contributed by atoms with Gasteiger partial charge in [0.15, 0.2) is 0 Å². The quantitative estimate of drug-likeness (QED) is 0.637. The molecule has 7 heteroatoms. The van der Waals surface area contributed by atoms with Gasteiger partial charge in [-0.1, -0.05) is 19.1 Å². The van der Waals surface area contributed by atoms with Crippen molar-refractivity contribution in [1.82, 2.24) is 14.8 Å². The largest absolute Gasteiger partial charge is 0.342 e. The molecule has 2 saturated heterocycles. The van der Waals surface area contributed by atoms with Crippen molar-refractivity contribution in [2.45, 2.75) is 43.3 Å². The lowest BCUT2D eigenvalue weighted by Gasteiger charge is -2.37. The predicted molar refractivity (Wildman–Crippen MR) is 122 cm³/mol. The van der Waals surface area contributed by atoms with Gasteiger partial charge in [-0.15, -0.1) is 23.1 Å². The van der Waals surface area contributed by atoms with E-state index in [4.69, 9.17) is 0 Å².